The lowest BCUT2D eigenvalue weighted by atomic mass is 9.85. The van der Waals surface area contributed by atoms with Crippen molar-refractivity contribution < 1.29 is 9.26 Å². The number of rotatable bonds is 3. The fourth-order valence-electron chi connectivity index (χ4n) is 4.97. The molecule has 0 aliphatic heterocycles. The van der Waals surface area contributed by atoms with Crippen LogP contribution in [0.2, 0.25) is 0 Å². The first-order chi connectivity index (χ1) is 17.2. The summed E-state index contributed by atoms with van der Waals surface area (Å²) in [5.41, 5.74) is 7.59. The molecule has 182 valence electrons. The van der Waals surface area contributed by atoms with Crippen LogP contribution >= 0.6 is 0 Å². The number of aromatic nitrogens is 4. The van der Waals surface area contributed by atoms with Crippen molar-refractivity contribution in [3.05, 3.63) is 65.2 Å². The minimum atomic E-state index is -0.132. The third kappa shape index (κ3) is 3.47. The Kier molecular flexibility index (Phi) is 5.44. The number of nitrogens with zero attached hydrogens (tertiary/aromatic N) is 6. The Bertz CT molecular complexity index is 1740. The minimum absolute atomic E-state index is 0.132. The van der Waals surface area contributed by atoms with Crippen molar-refractivity contribution in [1.29, 1.82) is 5.26 Å². The highest BCUT2D eigenvalue weighted by Crippen LogP contribution is 2.39. The van der Waals surface area contributed by atoms with Crippen LogP contribution in [0.1, 0.15) is 37.8 Å². The van der Waals surface area contributed by atoms with Crippen LogP contribution in [0.4, 0.5) is 0 Å². The Balaban J connectivity index is 1.97. The molecule has 36 heavy (non-hydrogen) atoms. The quantitative estimate of drug-likeness (QED) is 0.319. The molecule has 0 saturated heterocycles. The van der Waals surface area contributed by atoms with Crippen LogP contribution in [0.3, 0.4) is 0 Å². The van der Waals surface area contributed by atoms with Gasteiger partial charge in [-0.15, -0.1) is 4.99 Å². The zero-order chi connectivity index (χ0) is 25.8. The average molecular weight is 481 g/mol. The van der Waals surface area contributed by atoms with Crippen molar-refractivity contribution in [3.63, 3.8) is 0 Å². The molecule has 0 aliphatic rings. The number of hydrogen-bond acceptors (Lipinski definition) is 6. The van der Waals surface area contributed by atoms with Gasteiger partial charge >= 0.3 is 0 Å². The summed E-state index contributed by atoms with van der Waals surface area (Å²) in [4.78, 5) is 9.02. The highest BCUT2D eigenvalue weighted by molar-refractivity contribution is 6.05. The molecule has 5 rings (SSSR count). The SMILES string of the molecule is COc1cc2c(cc1-c1c(C)noc1C)ncc1c2n(-c2ccccc2C(C)(C)C)c(=NC#N)n1C. The lowest BCUT2D eigenvalue weighted by molar-refractivity contribution is 0.393. The Morgan fingerprint density at radius 1 is 1.14 bits per heavy atom. The zero-order valence-electron chi connectivity index (χ0n) is 21.5. The van der Waals surface area contributed by atoms with Gasteiger partial charge in [0.25, 0.3) is 0 Å². The second kappa shape index (κ2) is 8.38. The van der Waals surface area contributed by atoms with Gasteiger partial charge < -0.3 is 13.8 Å². The van der Waals surface area contributed by atoms with E-state index in [4.69, 9.17) is 14.2 Å². The first-order valence-corrected chi connectivity index (χ1v) is 11.7. The summed E-state index contributed by atoms with van der Waals surface area (Å²) in [6.07, 6.45) is 3.81. The van der Waals surface area contributed by atoms with Crippen molar-refractivity contribution >= 4 is 21.9 Å². The number of methoxy groups -OCH3 is 1. The van der Waals surface area contributed by atoms with Crippen molar-refractivity contribution in [2.75, 3.05) is 7.11 Å². The van der Waals surface area contributed by atoms with Crippen molar-refractivity contribution in [1.82, 2.24) is 19.3 Å². The topological polar surface area (TPSA) is 94.2 Å². The number of ether oxygens (including phenoxy) is 1. The predicted octanol–water partition coefficient (Wildman–Crippen LogP) is 5.48. The molecule has 8 nitrogen and oxygen atoms in total. The van der Waals surface area contributed by atoms with Gasteiger partial charge in [-0.2, -0.15) is 5.26 Å². The van der Waals surface area contributed by atoms with Crippen molar-refractivity contribution in [2.45, 2.75) is 40.0 Å². The molecule has 0 spiro atoms. The normalized spacial score (nSPS) is 12.4. The van der Waals surface area contributed by atoms with Crippen LogP contribution in [0.15, 0.2) is 52.1 Å². The van der Waals surface area contributed by atoms with E-state index in [1.54, 1.807) is 7.11 Å². The van der Waals surface area contributed by atoms with E-state index in [1.165, 1.54) is 0 Å². The molecule has 3 aromatic heterocycles. The Hall–Kier alpha value is -4.38. The maximum absolute atomic E-state index is 9.57. The van der Waals surface area contributed by atoms with Crippen molar-refractivity contribution in [2.24, 2.45) is 12.0 Å². The summed E-state index contributed by atoms with van der Waals surface area (Å²) < 4.78 is 15.2. The highest BCUT2D eigenvalue weighted by atomic mass is 16.5. The monoisotopic (exact) mass is 480 g/mol. The van der Waals surface area contributed by atoms with Gasteiger partial charge in [0.1, 0.15) is 11.5 Å². The van der Waals surface area contributed by atoms with E-state index in [0.29, 0.717) is 11.4 Å². The highest BCUT2D eigenvalue weighted by Gasteiger charge is 2.24. The van der Waals surface area contributed by atoms with Crippen LogP contribution in [0.25, 0.3) is 38.8 Å². The van der Waals surface area contributed by atoms with Gasteiger partial charge in [0, 0.05) is 18.0 Å². The number of pyridine rings is 1. The molecule has 0 saturated carbocycles. The van der Waals surface area contributed by atoms with E-state index in [1.807, 2.05) is 62.1 Å². The molecule has 5 aromatic rings. The van der Waals surface area contributed by atoms with Crippen LogP contribution in [0.5, 0.6) is 5.75 Å². The molecular formula is C28H28N6O2. The molecule has 0 radical (unpaired) electrons. The van der Waals surface area contributed by atoms with Crippen LogP contribution in [-0.2, 0) is 12.5 Å². The molecule has 2 aromatic carbocycles. The van der Waals surface area contributed by atoms with Gasteiger partial charge in [-0.3, -0.25) is 9.55 Å². The van der Waals surface area contributed by atoms with Gasteiger partial charge in [-0.25, -0.2) is 0 Å². The molecule has 0 fully saturated rings. The van der Waals surface area contributed by atoms with Crippen LogP contribution in [-0.4, -0.2) is 26.4 Å². The van der Waals surface area contributed by atoms with Gasteiger partial charge in [-0.05, 0) is 43.0 Å². The summed E-state index contributed by atoms with van der Waals surface area (Å²) in [7, 11) is 3.55. The minimum Gasteiger partial charge on any atom is -0.496 e. The Morgan fingerprint density at radius 2 is 1.89 bits per heavy atom. The number of fused-ring (bicyclic) bond motifs is 3. The van der Waals surface area contributed by atoms with E-state index in [2.05, 4.69) is 47.6 Å². The number of para-hydroxylation sites is 1. The molecule has 3 heterocycles. The van der Waals surface area contributed by atoms with Crippen LogP contribution < -0.4 is 10.4 Å². The van der Waals surface area contributed by atoms with Crippen molar-refractivity contribution in [3.8, 4) is 28.8 Å². The molecule has 0 aliphatic carbocycles. The second-order valence-electron chi connectivity index (χ2n) is 9.93. The molecule has 0 bridgehead atoms. The van der Waals surface area contributed by atoms with E-state index in [-0.39, 0.29) is 5.41 Å². The smallest absolute Gasteiger partial charge is 0.226 e. The summed E-state index contributed by atoms with van der Waals surface area (Å²) in [6, 6.07) is 12.2. The number of benzene rings is 2. The van der Waals surface area contributed by atoms with Gasteiger partial charge in [-0.1, -0.05) is 44.1 Å². The summed E-state index contributed by atoms with van der Waals surface area (Å²) in [5.74, 6) is 1.40. The van der Waals surface area contributed by atoms with Gasteiger partial charge in [0.15, 0.2) is 0 Å². The molecular weight excluding hydrogens is 452 g/mol. The third-order valence-corrected chi connectivity index (χ3v) is 6.63. The lowest BCUT2D eigenvalue weighted by Crippen LogP contribution is -2.25. The summed E-state index contributed by atoms with van der Waals surface area (Å²) in [6.45, 7) is 10.3. The van der Waals surface area contributed by atoms with Gasteiger partial charge in [0.2, 0.25) is 11.8 Å². The lowest BCUT2D eigenvalue weighted by Gasteiger charge is -2.23. The molecule has 0 N–H and O–H groups in total. The number of imidazole rings is 1. The maximum atomic E-state index is 9.57. The standard InChI is InChI=1S/C28H28N6O2/c1-16-25(17(2)36-32-16)19-12-21-18(13-24(19)35-7)26-23(14-30-21)33(6)27(31-15-29)34(26)22-11-9-8-10-20(22)28(3,4)5/h8-14H,1-7H3. The Labute approximate surface area is 209 Å². The number of hydrogen-bond donors (Lipinski definition) is 0. The fraction of sp³-hybridized carbons (Fsp3) is 0.286. The summed E-state index contributed by atoms with van der Waals surface area (Å²) in [5, 5.41) is 14.6. The largest absolute Gasteiger partial charge is 0.496 e. The molecule has 8 heteroatoms. The molecule has 0 atom stereocenters. The molecule has 0 unspecified atom stereocenters. The zero-order valence-corrected chi connectivity index (χ0v) is 21.5. The van der Waals surface area contributed by atoms with E-state index in [9.17, 15) is 5.26 Å². The fourth-order valence-corrected chi connectivity index (χ4v) is 4.97. The average Bonchev–Trinajstić information content (AvgIpc) is 3.33. The first-order valence-electron chi connectivity index (χ1n) is 11.7. The Morgan fingerprint density at radius 3 is 2.53 bits per heavy atom. The summed E-state index contributed by atoms with van der Waals surface area (Å²) >= 11 is 0. The van der Waals surface area contributed by atoms with Gasteiger partial charge in [0.05, 0.1) is 46.8 Å². The predicted molar refractivity (Wildman–Crippen MR) is 139 cm³/mol. The maximum Gasteiger partial charge on any atom is 0.226 e. The van der Waals surface area contributed by atoms with E-state index < -0.39 is 0 Å². The van der Waals surface area contributed by atoms with E-state index >= 15 is 0 Å². The third-order valence-electron chi connectivity index (χ3n) is 6.63. The van der Waals surface area contributed by atoms with Crippen LogP contribution in [0, 0.1) is 25.3 Å². The number of aryl methyl sites for hydroxylation is 3. The number of nitriles is 1. The first kappa shape index (κ1) is 23.4. The van der Waals surface area contributed by atoms with E-state index in [0.717, 1.165) is 55.8 Å². The molecule has 0 amide bonds. The second-order valence-corrected chi connectivity index (χ2v) is 9.93.